The minimum absolute atomic E-state index is 0. The van der Waals surface area contributed by atoms with Gasteiger partial charge in [0.1, 0.15) is 87.0 Å². The largest absolute Gasteiger partial charge is 1.00 e. The Morgan fingerprint density at radius 2 is 0.652 bits per heavy atom. The molecular formula is C62H116INaO28. The van der Waals surface area contributed by atoms with Crippen LogP contribution in [0, 0.1) is 59.2 Å². The minimum Gasteiger partial charge on any atom is -0.396 e. The molecule has 6 N–H and O–H groups in total. The number of aliphatic hydroxyl groups is 6. The number of allylic oxidation sites excluding steroid dienone is 6. The van der Waals surface area contributed by atoms with Crippen LogP contribution >= 0.6 is 0 Å². The smallest absolute Gasteiger partial charge is 0.396 e. The summed E-state index contributed by atoms with van der Waals surface area (Å²) < 4.78 is 115. The zero-order valence-corrected chi connectivity index (χ0v) is 60.2. The van der Waals surface area contributed by atoms with Gasteiger partial charge in [0, 0.05) is 95.1 Å². The predicted octanol–water partition coefficient (Wildman–Crippen LogP) is -5.68. The van der Waals surface area contributed by atoms with Gasteiger partial charge in [-0.25, -0.2) is 0 Å². The topological polar surface area (TPSA) is 395 Å². The van der Waals surface area contributed by atoms with Crippen LogP contribution in [0.1, 0.15) is 89.9 Å². The van der Waals surface area contributed by atoms with Crippen molar-refractivity contribution >= 4 is 12.6 Å². The number of carbonyl (C=O) groups excluding carboxylic acids is 2. The van der Waals surface area contributed by atoms with Crippen LogP contribution in [-0.2, 0) is 85.4 Å². The quantitative estimate of drug-likeness (QED) is 0.00843. The first kappa shape index (κ1) is 95.4. The second kappa shape index (κ2) is 70.1. The summed E-state index contributed by atoms with van der Waals surface area (Å²) >= 11 is -5.94. The van der Waals surface area contributed by atoms with Crippen molar-refractivity contribution in [3.05, 3.63) is 36.5 Å². The molecule has 2 aliphatic heterocycles. The maximum Gasteiger partial charge on any atom is 1.00 e. The van der Waals surface area contributed by atoms with Crippen molar-refractivity contribution in [3.8, 4) is 0 Å². The molecule has 0 aromatic heterocycles. The number of hydrogen-bond acceptors (Lipinski definition) is 28. The summed E-state index contributed by atoms with van der Waals surface area (Å²) in [5.74, 6) is 2.61. The molecule has 6 aliphatic rings. The number of methoxy groups -OCH3 is 6. The fourth-order valence-corrected chi connectivity index (χ4v) is 9.94. The first-order valence-corrected chi connectivity index (χ1v) is 34.6. The van der Waals surface area contributed by atoms with E-state index < -0.39 is 32.3 Å². The Hall–Kier alpha value is -0.750. The van der Waals surface area contributed by atoms with E-state index in [1.165, 1.54) is 39.9 Å². The molecule has 0 bridgehead atoms. The van der Waals surface area contributed by atoms with E-state index in [0.717, 1.165) is 90.7 Å². The van der Waals surface area contributed by atoms with Crippen molar-refractivity contribution in [1.82, 2.24) is 0 Å². The molecule has 540 valence electrons. The van der Waals surface area contributed by atoms with E-state index in [0.29, 0.717) is 103 Å². The average Bonchev–Trinajstić information content (AvgIpc) is 1.09. The molecule has 30 heteroatoms. The average molecular weight is 1460 g/mol. The second-order valence-electron chi connectivity index (χ2n) is 21.9. The molecule has 0 amide bonds. The second-order valence-corrected chi connectivity index (χ2v) is 24.0. The molecule has 12 unspecified atom stereocenters. The van der Waals surface area contributed by atoms with Gasteiger partial charge in [0.05, 0.1) is 65.1 Å². The van der Waals surface area contributed by atoms with Crippen molar-refractivity contribution in [1.29, 1.82) is 0 Å². The summed E-state index contributed by atoms with van der Waals surface area (Å²) in [5, 5.41) is 54.2. The van der Waals surface area contributed by atoms with E-state index in [1.807, 2.05) is 0 Å². The number of ether oxygens (including phenoxy) is 16. The summed E-state index contributed by atoms with van der Waals surface area (Å²) in [7, 11) is 9.47. The van der Waals surface area contributed by atoms with Gasteiger partial charge in [-0.15, -0.1) is 0 Å². The summed E-state index contributed by atoms with van der Waals surface area (Å²) in [6.07, 6.45) is 25.8. The third-order valence-electron chi connectivity index (χ3n) is 15.0. The molecule has 1 saturated carbocycles. The first-order chi connectivity index (χ1) is 44.1. The van der Waals surface area contributed by atoms with Gasteiger partial charge in [-0.3, -0.25) is 13.7 Å². The van der Waals surface area contributed by atoms with E-state index in [1.54, 1.807) is 28.4 Å². The molecule has 2 heterocycles. The van der Waals surface area contributed by atoms with E-state index in [-0.39, 0.29) is 119 Å². The van der Waals surface area contributed by atoms with Gasteiger partial charge in [-0.2, -0.15) is 0 Å². The number of aldehydes is 2. The molecule has 12 atom stereocenters. The fraction of sp³-hybridized carbons (Fsp3) is 0.871. The maximum atomic E-state index is 10.6. The molecule has 92 heavy (non-hydrogen) atoms. The Balaban J connectivity index is -0.00000102. The Kier molecular flexibility index (Phi) is 72.7. The molecule has 2 saturated heterocycles. The third-order valence-corrected chi connectivity index (χ3v) is 15.0. The van der Waals surface area contributed by atoms with Gasteiger partial charge in [-0.1, -0.05) is 36.5 Å². The van der Waals surface area contributed by atoms with Crippen LogP contribution in [0.2, 0.25) is 0 Å². The monoisotopic (exact) mass is 1460 g/mol. The van der Waals surface area contributed by atoms with Crippen LogP contribution in [0.5, 0.6) is 0 Å². The van der Waals surface area contributed by atoms with E-state index >= 15 is 0 Å². The van der Waals surface area contributed by atoms with Crippen LogP contribution in [-0.4, -0.2) is 245 Å². The van der Waals surface area contributed by atoms with Crippen LogP contribution in [0.3, 0.4) is 0 Å². The van der Waals surface area contributed by atoms with Crippen LogP contribution < -0.4 is 63.4 Å². The molecule has 28 nitrogen and oxygen atoms in total. The Morgan fingerprint density at radius 3 is 0.870 bits per heavy atom. The number of carbonyl (C=O) groups is 2. The summed E-state index contributed by atoms with van der Waals surface area (Å²) in [4.78, 5) is 21.3. The zero-order valence-electron chi connectivity index (χ0n) is 56.0. The fourth-order valence-electron chi connectivity index (χ4n) is 9.94. The molecule has 3 fully saturated rings. The van der Waals surface area contributed by atoms with Gasteiger partial charge in [-0.05, 0) is 136 Å². The van der Waals surface area contributed by atoms with Crippen molar-refractivity contribution in [3.63, 3.8) is 0 Å². The SMILES string of the molecule is C1CCOC1.C1CCOC1.COCOCC(CC=O)C(CC=O)COCOC.COCOCC1CC(O)C(O)CC1COCOC.COCOCC1CC=CCC1COCOC.OCC1CC=CCC1CO.OCOCC1CC=CCC1COCO.[Na+].[O-][I+3]([O-])([O-])[O-]. The summed E-state index contributed by atoms with van der Waals surface area (Å²) in [6, 6.07) is 0. The standard InChI is InChI=1S/C12H24O6.C12H22O6.C12H22O4.C10H18O4.C8H14O2.2C4H8O.IO4.Na/c1-15-7-17-5-9-3-11(13)12(14)4-10(9)6-18-8-16-2;1-15-9-17-7-11(3-5-13)12(4-6-14)8-18-10-16-2;1-13-9-15-7-11-5-3-4-6-12(11)8-16-10-14-2;11-7-13-5-9-3-1-2-4-10(9)6-14-8-12;9-5-7-3-1-2-4-8(7)6-10;2*1-2-4-5-3-1;2-1(3,4)5;/h9-14H,3-8H2,1-2H3;5-6,11-12H,3-4,7-10H2,1-2H3;3-4,11-12H,5-10H2,1-2H3;1-2,9-12H,3-8H2;1-2,7-10H,3-6H2;2*1-4H2;;/q;;;;;;;-1;+1. The number of rotatable bonds is 37. The summed E-state index contributed by atoms with van der Waals surface area (Å²) in [5.41, 5.74) is 0. The number of aliphatic hydroxyl groups excluding tert-OH is 6. The van der Waals surface area contributed by atoms with E-state index in [9.17, 15) is 19.8 Å². The number of hydrogen-bond donors (Lipinski definition) is 6. The normalized spacial score (nSPS) is 24.3. The Labute approximate surface area is 575 Å². The third kappa shape index (κ3) is 57.2. The van der Waals surface area contributed by atoms with Gasteiger partial charge >= 0.3 is 29.6 Å². The molecule has 0 spiro atoms. The first-order valence-electron chi connectivity index (χ1n) is 31.1. The molecular weight excluding hydrogens is 1340 g/mol. The Morgan fingerprint density at radius 1 is 0.413 bits per heavy atom. The maximum absolute atomic E-state index is 10.6. The van der Waals surface area contributed by atoms with Crippen LogP contribution in [0.15, 0.2) is 36.5 Å². The van der Waals surface area contributed by atoms with Gasteiger partial charge in [0.25, 0.3) is 0 Å². The van der Waals surface area contributed by atoms with Crippen LogP contribution in [0.4, 0.5) is 0 Å². The molecule has 6 rings (SSSR count). The van der Waals surface area contributed by atoms with Crippen molar-refractivity contribution in [2.45, 2.75) is 102 Å². The van der Waals surface area contributed by atoms with E-state index in [4.69, 9.17) is 110 Å². The van der Waals surface area contributed by atoms with E-state index in [2.05, 4.69) is 36.5 Å². The number of halogens is 1. The predicted molar refractivity (Wildman–Crippen MR) is 320 cm³/mol. The zero-order chi connectivity index (χ0) is 67.9. The van der Waals surface area contributed by atoms with Gasteiger partial charge < -0.3 is 116 Å². The Bertz CT molecular complexity index is 1510. The van der Waals surface area contributed by atoms with Gasteiger partial charge in [0.2, 0.25) is 0 Å². The van der Waals surface area contributed by atoms with Gasteiger partial charge in [0.15, 0.2) is 0 Å². The minimum atomic E-state index is -5.94. The molecule has 0 aromatic rings. The molecule has 0 radical (unpaired) electrons. The summed E-state index contributed by atoms with van der Waals surface area (Å²) in [6.45, 7) is 9.80. The molecule has 4 aliphatic carbocycles. The van der Waals surface area contributed by atoms with Crippen molar-refractivity contribution < 1.29 is 179 Å². The van der Waals surface area contributed by atoms with Crippen molar-refractivity contribution in [2.24, 2.45) is 59.2 Å². The molecule has 0 aromatic carbocycles. The van der Waals surface area contributed by atoms with Crippen LogP contribution in [0.25, 0.3) is 0 Å². The van der Waals surface area contributed by atoms with Crippen molar-refractivity contribution in [2.75, 3.05) is 189 Å².